The molecule has 1 aromatic carbocycles. The molecule has 0 bridgehead atoms. The van der Waals surface area contributed by atoms with E-state index in [9.17, 15) is 9.59 Å². The molecule has 2 heterocycles. The van der Waals surface area contributed by atoms with Crippen molar-refractivity contribution in [2.24, 2.45) is 0 Å². The van der Waals surface area contributed by atoms with Gasteiger partial charge >= 0.3 is 0 Å². The molecule has 0 aliphatic rings. The first kappa shape index (κ1) is 18.3. The highest BCUT2D eigenvalue weighted by atomic mass is 79.9. The van der Waals surface area contributed by atoms with Gasteiger partial charge in [0, 0.05) is 11.6 Å². The summed E-state index contributed by atoms with van der Waals surface area (Å²) in [5.41, 5.74) is 2.78. The number of aryl methyl sites for hydroxylation is 1. The van der Waals surface area contributed by atoms with E-state index >= 15 is 0 Å². The van der Waals surface area contributed by atoms with Gasteiger partial charge in [0.05, 0.1) is 15.2 Å². The highest BCUT2D eigenvalue weighted by Crippen LogP contribution is 2.23. The Morgan fingerprint density at radius 1 is 1.19 bits per heavy atom. The van der Waals surface area contributed by atoms with Crippen molar-refractivity contribution in [3.8, 4) is 11.3 Å². The maximum absolute atomic E-state index is 12.0. The number of anilines is 1. The van der Waals surface area contributed by atoms with Gasteiger partial charge in [0.1, 0.15) is 5.69 Å². The molecule has 3 rings (SSSR count). The van der Waals surface area contributed by atoms with Gasteiger partial charge in [0.15, 0.2) is 0 Å². The SMILES string of the molecule is CCc1ccc(-c2cc(NC(=O)CNC(=O)c3ccc(Br)s3)on2)cc1. The van der Waals surface area contributed by atoms with Gasteiger partial charge in [-0.3, -0.25) is 14.9 Å². The molecule has 26 heavy (non-hydrogen) atoms. The summed E-state index contributed by atoms with van der Waals surface area (Å²) in [7, 11) is 0. The fraction of sp³-hybridized carbons (Fsp3) is 0.167. The molecule has 2 N–H and O–H groups in total. The third-order valence-electron chi connectivity index (χ3n) is 3.64. The van der Waals surface area contributed by atoms with Gasteiger partial charge in [-0.25, -0.2) is 0 Å². The topological polar surface area (TPSA) is 84.2 Å². The molecule has 0 atom stereocenters. The monoisotopic (exact) mass is 433 g/mol. The molecule has 3 aromatic rings. The highest BCUT2D eigenvalue weighted by molar-refractivity contribution is 9.11. The van der Waals surface area contributed by atoms with Crippen LogP contribution in [-0.4, -0.2) is 23.5 Å². The number of rotatable bonds is 6. The minimum atomic E-state index is -0.391. The van der Waals surface area contributed by atoms with E-state index in [-0.39, 0.29) is 18.3 Å². The number of nitrogens with zero attached hydrogens (tertiary/aromatic N) is 1. The summed E-state index contributed by atoms with van der Waals surface area (Å²) < 4.78 is 6.00. The zero-order valence-electron chi connectivity index (χ0n) is 13.9. The van der Waals surface area contributed by atoms with Gasteiger partial charge in [0.25, 0.3) is 5.91 Å². The number of halogens is 1. The van der Waals surface area contributed by atoms with Crippen molar-refractivity contribution in [3.63, 3.8) is 0 Å². The lowest BCUT2D eigenvalue weighted by Crippen LogP contribution is -2.32. The second-order valence-corrected chi connectivity index (χ2v) is 7.92. The van der Waals surface area contributed by atoms with E-state index in [1.807, 2.05) is 24.3 Å². The molecule has 0 saturated heterocycles. The van der Waals surface area contributed by atoms with E-state index in [0.717, 1.165) is 15.8 Å². The average Bonchev–Trinajstić information content (AvgIpc) is 3.29. The Morgan fingerprint density at radius 2 is 1.96 bits per heavy atom. The van der Waals surface area contributed by atoms with Crippen molar-refractivity contribution < 1.29 is 14.1 Å². The third-order valence-corrected chi connectivity index (χ3v) is 5.26. The van der Waals surface area contributed by atoms with Crippen LogP contribution in [0, 0.1) is 0 Å². The summed E-state index contributed by atoms with van der Waals surface area (Å²) in [5, 5.41) is 9.10. The second-order valence-electron chi connectivity index (χ2n) is 5.46. The van der Waals surface area contributed by atoms with Crippen molar-refractivity contribution in [2.75, 3.05) is 11.9 Å². The summed E-state index contributed by atoms with van der Waals surface area (Å²) in [6, 6.07) is 13.1. The Labute approximate surface area is 162 Å². The number of carbonyl (C=O) groups is 2. The number of benzene rings is 1. The normalized spacial score (nSPS) is 10.5. The predicted molar refractivity (Wildman–Crippen MR) is 104 cm³/mol. The largest absolute Gasteiger partial charge is 0.342 e. The molecule has 0 aliphatic carbocycles. The van der Waals surface area contributed by atoms with Crippen molar-refractivity contribution in [3.05, 3.63) is 56.7 Å². The lowest BCUT2D eigenvalue weighted by Gasteiger charge is -2.03. The molecule has 0 saturated carbocycles. The molecular formula is C18H16BrN3O3S. The van der Waals surface area contributed by atoms with Gasteiger partial charge in [0.2, 0.25) is 11.8 Å². The van der Waals surface area contributed by atoms with Crippen LogP contribution < -0.4 is 10.6 Å². The molecular weight excluding hydrogens is 418 g/mol. The van der Waals surface area contributed by atoms with Gasteiger partial charge in [-0.2, -0.15) is 0 Å². The van der Waals surface area contributed by atoms with Crippen LogP contribution in [0.1, 0.15) is 22.2 Å². The highest BCUT2D eigenvalue weighted by Gasteiger charge is 2.13. The average molecular weight is 434 g/mol. The van der Waals surface area contributed by atoms with Crippen LogP contribution in [0.3, 0.4) is 0 Å². The van der Waals surface area contributed by atoms with Crippen LogP contribution >= 0.6 is 27.3 Å². The Bertz CT molecular complexity index is 918. The smallest absolute Gasteiger partial charge is 0.261 e. The molecule has 0 unspecified atom stereocenters. The fourth-order valence-corrected chi connectivity index (χ4v) is 3.55. The molecule has 8 heteroatoms. The lowest BCUT2D eigenvalue weighted by atomic mass is 10.1. The van der Waals surface area contributed by atoms with Crippen LogP contribution in [0.5, 0.6) is 0 Å². The summed E-state index contributed by atoms with van der Waals surface area (Å²) in [5.74, 6) is -0.458. The lowest BCUT2D eigenvalue weighted by molar-refractivity contribution is -0.115. The zero-order chi connectivity index (χ0) is 18.5. The van der Waals surface area contributed by atoms with E-state index in [1.54, 1.807) is 18.2 Å². The minimum Gasteiger partial charge on any atom is -0.342 e. The van der Waals surface area contributed by atoms with E-state index in [0.29, 0.717) is 10.6 Å². The van der Waals surface area contributed by atoms with Crippen LogP contribution in [0.25, 0.3) is 11.3 Å². The number of amides is 2. The van der Waals surface area contributed by atoms with Gasteiger partial charge in [-0.15, -0.1) is 11.3 Å². The van der Waals surface area contributed by atoms with E-state index < -0.39 is 5.91 Å². The van der Waals surface area contributed by atoms with Crippen molar-refractivity contribution in [1.29, 1.82) is 0 Å². The third kappa shape index (κ3) is 4.59. The number of carbonyl (C=O) groups excluding carboxylic acids is 2. The maximum Gasteiger partial charge on any atom is 0.261 e. The summed E-state index contributed by atoms with van der Waals surface area (Å²) in [6.07, 6.45) is 0.967. The van der Waals surface area contributed by atoms with Crippen LogP contribution in [-0.2, 0) is 11.2 Å². The number of aromatic nitrogens is 1. The zero-order valence-corrected chi connectivity index (χ0v) is 16.3. The maximum atomic E-state index is 12.0. The molecule has 6 nitrogen and oxygen atoms in total. The van der Waals surface area contributed by atoms with Crippen molar-refractivity contribution in [2.45, 2.75) is 13.3 Å². The first-order chi connectivity index (χ1) is 12.5. The van der Waals surface area contributed by atoms with Crippen LogP contribution in [0.4, 0.5) is 5.88 Å². The molecule has 2 amide bonds. The van der Waals surface area contributed by atoms with Crippen LogP contribution in [0.2, 0.25) is 0 Å². The summed E-state index contributed by atoms with van der Waals surface area (Å²) in [4.78, 5) is 24.4. The Hall–Kier alpha value is -2.45. The Balaban J connectivity index is 1.54. The molecule has 0 spiro atoms. The molecule has 134 valence electrons. The van der Waals surface area contributed by atoms with Crippen molar-refractivity contribution in [1.82, 2.24) is 10.5 Å². The molecule has 0 aliphatic heterocycles. The van der Waals surface area contributed by atoms with E-state index in [4.69, 9.17) is 4.52 Å². The molecule has 0 fully saturated rings. The molecule has 2 aromatic heterocycles. The van der Waals surface area contributed by atoms with Gasteiger partial charge in [-0.05, 0) is 40.0 Å². The standard InChI is InChI=1S/C18H16BrN3O3S/c1-2-11-3-5-12(6-4-11)13-9-17(25-22-13)21-16(23)10-20-18(24)14-7-8-15(19)26-14/h3-9H,2,10H2,1H3,(H,20,24)(H,21,23). The summed E-state index contributed by atoms with van der Waals surface area (Å²) in [6.45, 7) is 1.93. The van der Waals surface area contributed by atoms with Crippen LogP contribution in [0.15, 0.2) is 50.8 Å². The van der Waals surface area contributed by atoms with E-state index in [1.165, 1.54) is 16.9 Å². The quantitative estimate of drug-likeness (QED) is 0.612. The molecule has 0 radical (unpaired) electrons. The van der Waals surface area contributed by atoms with Crippen molar-refractivity contribution >= 4 is 45.0 Å². The predicted octanol–water partition coefficient (Wildman–Crippen LogP) is 4.10. The van der Waals surface area contributed by atoms with Gasteiger partial charge < -0.3 is 9.84 Å². The first-order valence-electron chi connectivity index (χ1n) is 7.94. The van der Waals surface area contributed by atoms with E-state index in [2.05, 4.69) is 38.6 Å². The Morgan fingerprint density at radius 3 is 2.62 bits per heavy atom. The van der Waals surface area contributed by atoms with Gasteiger partial charge in [-0.1, -0.05) is 36.3 Å². The number of hydrogen-bond donors (Lipinski definition) is 2. The first-order valence-corrected chi connectivity index (χ1v) is 9.55. The number of nitrogens with one attached hydrogen (secondary N) is 2. The fourth-order valence-electron chi connectivity index (χ4n) is 2.25. The number of hydrogen-bond acceptors (Lipinski definition) is 5. The summed E-state index contributed by atoms with van der Waals surface area (Å²) >= 11 is 4.59. The number of thiophene rings is 1. The second kappa shape index (κ2) is 8.29. The minimum absolute atomic E-state index is 0.157. The Kier molecular flexibility index (Phi) is 5.85.